The average Bonchev–Trinajstić information content (AvgIpc) is 1.51. The first kappa shape index (κ1) is 55.8. The fourth-order valence-electron chi connectivity index (χ4n) is 19.8. The van der Waals surface area contributed by atoms with E-state index in [1.165, 1.54) is 89.0 Å². The van der Waals surface area contributed by atoms with Gasteiger partial charge in [-0.1, -0.05) is 206 Å². The molecule has 7 heteroatoms. The van der Waals surface area contributed by atoms with E-state index in [2.05, 4.69) is 325 Å². The van der Waals surface area contributed by atoms with Crippen molar-refractivity contribution in [1.29, 1.82) is 0 Å². The third kappa shape index (κ3) is 7.09. The van der Waals surface area contributed by atoms with E-state index in [0.29, 0.717) is 0 Å². The molecule has 0 saturated heterocycles. The molecule has 16 aromatic carbocycles. The van der Waals surface area contributed by atoms with Gasteiger partial charge in [-0.25, -0.2) is 0 Å². The van der Waals surface area contributed by atoms with Gasteiger partial charge in [-0.2, -0.15) is 0 Å². The van der Waals surface area contributed by atoms with Crippen LogP contribution in [0.3, 0.4) is 0 Å². The highest BCUT2D eigenvalue weighted by Gasteiger charge is 2.53. The largest absolute Gasteiger partial charge is 0.456 e. The molecule has 0 bridgehead atoms. The Hall–Kier alpha value is -13.9. The third-order valence-electron chi connectivity index (χ3n) is 23.9. The molecule has 5 heterocycles. The molecule has 0 saturated carbocycles. The van der Waals surface area contributed by atoms with Crippen LogP contribution in [0, 0.1) is 0 Å². The highest BCUT2D eigenvalue weighted by Crippen LogP contribution is 2.66. The Morgan fingerprint density at radius 2 is 0.438 bits per heavy atom. The molecule has 0 aliphatic heterocycles. The monoisotopic (exact) mass is 1340 g/mol. The lowest BCUT2D eigenvalue weighted by molar-refractivity contribution is 0.662. The van der Waals surface area contributed by atoms with Crippen molar-refractivity contribution < 1.29 is 22.1 Å². The molecule has 7 nitrogen and oxygen atoms in total. The Labute approximate surface area is 599 Å². The Bertz CT molecular complexity index is 6940. The molecular weight excluding hydrogens is 1290 g/mol. The summed E-state index contributed by atoms with van der Waals surface area (Å²) in [5.74, 6) is 0. The van der Waals surface area contributed by atoms with E-state index in [1.54, 1.807) is 0 Å². The van der Waals surface area contributed by atoms with Crippen LogP contribution in [0.1, 0.15) is 44.5 Å². The number of hydrogen-bond acceptors (Lipinski definition) is 7. The summed E-state index contributed by atoms with van der Waals surface area (Å²) in [6, 6.07) is 119. The molecule has 105 heavy (non-hydrogen) atoms. The fraction of sp³-hybridized carbons (Fsp3) is 0.0204. The maximum absolute atomic E-state index is 7.10. The van der Waals surface area contributed by atoms with Crippen LogP contribution in [0.5, 0.6) is 0 Å². The van der Waals surface area contributed by atoms with Gasteiger partial charge in [0.25, 0.3) is 0 Å². The number of nitrogens with zero attached hydrogens (tertiary/aromatic N) is 2. The van der Waals surface area contributed by atoms with E-state index in [9.17, 15) is 0 Å². The molecule has 25 rings (SSSR count). The van der Waals surface area contributed by atoms with Crippen LogP contribution >= 0.6 is 0 Å². The summed E-state index contributed by atoms with van der Waals surface area (Å²) in [5, 5.41) is 10.0. The smallest absolute Gasteiger partial charge is 0.137 e. The number of rotatable bonds is 6. The van der Waals surface area contributed by atoms with Crippen LogP contribution in [0.2, 0.25) is 0 Å². The van der Waals surface area contributed by atoms with Gasteiger partial charge in [0.2, 0.25) is 0 Å². The van der Waals surface area contributed by atoms with Gasteiger partial charge in [0.05, 0.1) is 33.0 Å². The van der Waals surface area contributed by atoms with E-state index in [-0.39, 0.29) is 0 Å². The molecule has 486 valence electrons. The predicted octanol–water partition coefficient (Wildman–Crippen LogP) is 26.8. The Kier molecular flexibility index (Phi) is 10.6. The standard InChI is InChI=1S/C98H54N2O5/c1-9-27-75-59(19-1)60-20-2-10-28-76(60)97(75)79-31-13-5-23-63(79)69-47-55(41-45-81(69)97)99(83-33-17-37-87-95(83)67-25-7-15-35-85(67)101-87)57-39-43-65-71-51-93-73(53-91(71)103-89(65)49-57)74-54-92-72(52-94(74)105-93)66-44-40-58(50-90(66)104-92)100(84-34-18-38-88-96(84)68-26-8-16-36-86(68)102-88)56-42-46-82-70(48-56)64-24-6-14-32-80(64)98(82)77-29-11-3-21-61(77)62-22-4-12-30-78(62)98/h1-54H. The maximum Gasteiger partial charge on any atom is 0.137 e. The zero-order valence-corrected chi connectivity index (χ0v) is 56.1. The second-order valence-electron chi connectivity index (χ2n) is 28.8. The van der Waals surface area contributed by atoms with Crippen LogP contribution in [0.15, 0.2) is 350 Å². The summed E-state index contributed by atoms with van der Waals surface area (Å²) >= 11 is 0. The van der Waals surface area contributed by atoms with Crippen molar-refractivity contribution in [1.82, 2.24) is 0 Å². The van der Waals surface area contributed by atoms with Crippen LogP contribution in [-0.2, 0) is 10.8 Å². The van der Waals surface area contributed by atoms with Crippen molar-refractivity contribution in [2.75, 3.05) is 9.80 Å². The summed E-state index contributed by atoms with van der Waals surface area (Å²) in [6.07, 6.45) is 0. The highest BCUT2D eigenvalue weighted by molar-refractivity contribution is 6.21. The van der Waals surface area contributed by atoms with Crippen molar-refractivity contribution in [3.8, 4) is 44.5 Å². The summed E-state index contributed by atoms with van der Waals surface area (Å²) in [7, 11) is 0. The second-order valence-corrected chi connectivity index (χ2v) is 28.8. The number of benzene rings is 16. The van der Waals surface area contributed by atoms with Gasteiger partial charge in [-0.3, -0.25) is 0 Å². The molecule has 0 fully saturated rings. The predicted molar refractivity (Wildman–Crippen MR) is 425 cm³/mol. The Morgan fingerprint density at radius 3 is 0.810 bits per heavy atom. The summed E-state index contributed by atoms with van der Waals surface area (Å²) < 4.78 is 34.4. The van der Waals surface area contributed by atoms with Crippen molar-refractivity contribution in [2.45, 2.75) is 10.8 Å². The zero-order chi connectivity index (χ0) is 68.1. The van der Waals surface area contributed by atoms with Crippen LogP contribution in [-0.4, -0.2) is 0 Å². The lowest BCUT2D eigenvalue weighted by atomic mass is 9.70. The second kappa shape index (κ2) is 20.0. The molecule has 4 aliphatic carbocycles. The van der Waals surface area contributed by atoms with Crippen molar-refractivity contribution in [3.05, 3.63) is 372 Å². The van der Waals surface area contributed by atoms with E-state index < -0.39 is 10.8 Å². The van der Waals surface area contributed by atoms with E-state index in [1.807, 2.05) is 12.1 Å². The fourth-order valence-corrected chi connectivity index (χ4v) is 19.8. The normalized spacial score (nSPS) is 13.9. The Morgan fingerprint density at radius 1 is 0.171 bits per heavy atom. The van der Waals surface area contributed by atoms with E-state index in [0.717, 1.165) is 144 Å². The molecule has 0 N–H and O–H groups in total. The van der Waals surface area contributed by atoms with Gasteiger partial charge < -0.3 is 31.9 Å². The van der Waals surface area contributed by atoms with Crippen molar-refractivity contribution >= 4 is 144 Å². The molecule has 0 amide bonds. The topological polar surface area (TPSA) is 72.2 Å². The van der Waals surface area contributed by atoms with E-state index >= 15 is 0 Å². The lowest BCUT2D eigenvalue weighted by Crippen LogP contribution is -2.25. The molecule has 4 aliphatic rings. The molecule has 0 radical (unpaired) electrons. The molecule has 0 atom stereocenters. The average molecular weight is 1340 g/mol. The molecular formula is C98H54N2O5. The zero-order valence-electron chi connectivity index (χ0n) is 56.1. The highest BCUT2D eigenvalue weighted by atomic mass is 16.3. The summed E-state index contributed by atoms with van der Waals surface area (Å²) in [4.78, 5) is 4.77. The number of anilines is 6. The third-order valence-corrected chi connectivity index (χ3v) is 23.9. The van der Waals surface area contributed by atoms with Gasteiger partial charge >= 0.3 is 0 Å². The number of para-hydroxylation sites is 2. The minimum absolute atomic E-state index is 0.469. The van der Waals surface area contributed by atoms with Crippen LogP contribution in [0.4, 0.5) is 34.1 Å². The van der Waals surface area contributed by atoms with Crippen molar-refractivity contribution in [2.24, 2.45) is 0 Å². The number of hydrogen-bond donors (Lipinski definition) is 0. The van der Waals surface area contributed by atoms with Gasteiger partial charge in [-0.15, -0.1) is 0 Å². The first-order valence-electron chi connectivity index (χ1n) is 36.0. The Balaban J connectivity index is 0.628. The molecule has 5 aromatic heterocycles. The summed E-state index contributed by atoms with van der Waals surface area (Å²) in [5.41, 5.74) is 33.4. The first-order valence-corrected chi connectivity index (χ1v) is 36.0. The van der Waals surface area contributed by atoms with Gasteiger partial charge in [-0.05, 0) is 198 Å². The van der Waals surface area contributed by atoms with Crippen LogP contribution in [0.25, 0.3) is 154 Å². The van der Waals surface area contributed by atoms with Gasteiger partial charge in [0, 0.05) is 78.0 Å². The van der Waals surface area contributed by atoms with Gasteiger partial charge in [0.1, 0.15) is 55.8 Å². The van der Waals surface area contributed by atoms with Crippen LogP contribution < -0.4 is 9.80 Å². The maximum atomic E-state index is 7.10. The van der Waals surface area contributed by atoms with Gasteiger partial charge in [0.15, 0.2) is 0 Å². The number of fused-ring (bicyclic) bond motifs is 35. The quantitative estimate of drug-likeness (QED) is 0.164. The molecule has 21 aromatic rings. The minimum Gasteiger partial charge on any atom is -0.456 e. The van der Waals surface area contributed by atoms with E-state index in [4.69, 9.17) is 22.1 Å². The molecule has 2 spiro atoms. The SMILES string of the molecule is c1ccc2c(c1)-c1ccccc1C21c2ccccc2-c2cc(N(c3ccc4c(c3)oc3cc5c(cc34)oc3cc4c(cc35)oc3cc(N(c5ccc6c(c5)-c5ccccc5C65c6ccccc6-c6ccccc65)c5cccc6oc7ccccc7c56)ccc34)c3cccc4oc5ccccc5c34)ccc21. The summed E-state index contributed by atoms with van der Waals surface area (Å²) in [6.45, 7) is 0. The minimum atomic E-state index is -0.469. The van der Waals surface area contributed by atoms with Crippen molar-refractivity contribution in [3.63, 3.8) is 0 Å². The lowest BCUT2D eigenvalue weighted by Gasteiger charge is -2.31. The molecule has 0 unspecified atom stereocenters. The first-order chi connectivity index (χ1) is 52.0. The number of furan rings is 5.